The summed E-state index contributed by atoms with van der Waals surface area (Å²) in [5.41, 5.74) is 0.866. The second-order valence-corrected chi connectivity index (χ2v) is 2.97. The zero-order valence-corrected chi connectivity index (χ0v) is 5.93. The van der Waals surface area contributed by atoms with E-state index in [0.717, 1.165) is 10.2 Å². The van der Waals surface area contributed by atoms with Crippen LogP contribution in [0.5, 0.6) is 5.19 Å². The SMILES string of the molecule is C.Oc1nc2ccccc2s1. The van der Waals surface area contributed by atoms with Crippen LogP contribution in [-0.4, -0.2) is 10.1 Å². The number of thiazole rings is 1. The first-order valence-corrected chi connectivity index (χ1v) is 3.72. The molecule has 1 heterocycles. The summed E-state index contributed by atoms with van der Waals surface area (Å²) < 4.78 is 1.03. The van der Waals surface area contributed by atoms with Crippen LogP contribution < -0.4 is 0 Å². The van der Waals surface area contributed by atoms with Crippen molar-refractivity contribution >= 4 is 21.6 Å². The molecule has 0 atom stereocenters. The average Bonchev–Trinajstić information content (AvgIpc) is 2.27. The van der Waals surface area contributed by atoms with Crippen LogP contribution in [0, 0.1) is 0 Å². The fourth-order valence-electron chi connectivity index (χ4n) is 0.860. The molecule has 1 aromatic heterocycles. The van der Waals surface area contributed by atoms with Crippen molar-refractivity contribution in [1.29, 1.82) is 0 Å². The molecule has 0 fully saturated rings. The van der Waals surface area contributed by atoms with Crippen molar-refractivity contribution in [3.8, 4) is 5.19 Å². The predicted molar refractivity (Wildman–Crippen MR) is 48.0 cm³/mol. The van der Waals surface area contributed by atoms with Gasteiger partial charge in [0.1, 0.15) is 0 Å². The van der Waals surface area contributed by atoms with Crippen LogP contribution in [0.25, 0.3) is 10.2 Å². The Bertz CT molecular complexity index is 323. The molecule has 58 valence electrons. The van der Waals surface area contributed by atoms with Crippen LogP contribution >= 0.6 is 11.3 Å². The van der Waals surface area contributed by atoms with E-state index in [4.69, 9.17) is 5.11 Å². The minimum absolute atomic E-state index is 0. The molecule has 0 saturated carbocycles. The lowest BCUT2D eigenvalue weighted by molar-refractivity contribution is 0.472. The highest BCUT2D eigenvalue weighted by atomic mass is 32.1. The number of aromatic nitrogens is 1. The van der Waals surface area contributed by atoms with Crippen molar-refractivity contribution in [3.63, 3.8) is 0 Å². The third kappa shape index (κ3) is 1.33. The largest absolute Gasteiger partial charge is 0.486 e. The predicted octanol–water partition coefficient (Wildman–Crippen LogP) is 2.64. The van der Waals surface area contributed by atoms with E-state index in [2.05, 4.69) is 4.98 Å². The normalized spacial score (nSPS) is 9.45. The minimum atomic E-state index is 0. The summed E-state index contributed by atoms with van der Waals surface area (Å²) in [4.78, 5) is 3.89. The van der Waals surface area contributed by atoms with Crippen molar-refractivity contribution in [2.24, 2.45) is 0 Å². The Morgan fingerprint density at radius 1 is 1.27 bits per heavy atom. The monoisotopic (exact) mass is 167 g/mol. The van der Waals surface area contributed by atoms with Gasteiger partial charge in [-0.05, 0) is 12.1 Å². The van der Waals surface area contributed by atoms with Gasteiger partial charge in [0.2, 0.25) is 0 Å². The van der Waals surface area contributed by atoms with Crippen LogP contribution in [0.2, 0.25) is 0 Å². The Morgan fingerprint density at radius 2 is 2.00 bits per heavy atom. The van der Waals surface area contributed by atoms with Crippen LogP contribution in [0.15, 0.2) is 24.3 Å². The fourth-order valence-corrected chi connectivity index (χ4v) is 1.57. The highest BCUT2D eigenvalue weighted by Gasteiger charge is 1.97. The summed E-state index contributed by atoms with van der Waals surface area (Å²) in [6.45, 7) is 0. The maximum Gasteiger partial charge on any atom is 0.271 e. The lowest BCUT2D eigenvalue weighted by atomic mass is 10.3. The van der Waals surface area contributed by atoms with Gasteiger partial charge in [-0.1, -0.05) is 30.9 Å². The quantitative estimate of drug-likeness (QED) is 0.654. The third-order valence-electron chi connectivity index (χ3n) is 1.28. The third-order valence-corrected chi connectivity index (χ3v) is 2.12. The van der Waals surface area contributed by atoms with Crippen molar-refractivity contribution in [3.05, 3.63) is 24.3 Å². The van der Waals surface area contributed by atoms with E-state index in [-0.39, 0.29) is 12.6 Å². The molecule has 0 aliphatic carbocycles. The Morgan fingerprint density at radius 3 is 2.73 bits per heavy atom. The summed E-state index contributed by atoms with van der Waals surface area (Å²) in [6.07, 6.45) is 0. The van der Waals surface area contributed by atoms with E-state index in [0.29, 0.717) is 0 Å². The summed E-state index contributed by atoms with van der Waals surface area (Å²) in [5, 5.41) is 9.10. The van der Waals surface area contributed by atoms with Crippen molar-refractivity contribution in [2.75, 3.05) is 0 Å². The molecule has 0 amide bonds. The van der Waals surface area contributed by atoms with Crippen molar-refractivity contribution in [2.45, 2.75) is 7.43 Å². The molecule has 11 heavy (non-hydrogen) atoms. The summed E-state index contributed by atoms with van der Waals surface area (Å²) in [6, 6.07) is 7.65. The molecule has 0 saturated heterocycles. The summed E-state index contributed by atoms with van der Waals surface area (Å²) >= 11 is 1.30. The molecule has 1 N–H and O–H groups in total. The Hall–Kier alpha value is -1.09. The van der Waals surface area contributed by atoms with Gasteiger partial charge in [-0.3, -0.25) is 0 Å². The topological polar surface area (TPSA) is 33.1 Å². The number of fused-ring (bicyclic) bond motifs is 1. The van der Waals surface area contributed by atoms with Crippen LogP contribution in [0.1, 0.15) is 7.43 Å². The van der Waals surface area contributed by atoms with Gasteiger partial charge in [-0.15, -0.1) is 0 Å². The molecule has 3 heteroatoms. The van der Waals surface area contributed by atoms with Gasteiger partial charge in [0.25, 0.3) is 5.19 Å². The smallest absolute Gasteiger partial charge is 0.271 e. The van der Waals surface area contributed by atoms with Crippen LogP contribution in [0.4, 0.5) is 0 Å². The maximum absolute atomic E-state index is 8.96. The van der Waals surface area contributed by atoms with E-state index >= 15 is 0 Å². The van der Waals surface area contributed by atoms with Crippen LogP contribution in [-0.2, 0) is 0 Å². The highest BCUT2D eigenvalue weighted by molar-refractivity contribution is 7.20. The van der Waals surface area contributed by atoms with Gasteiger partial charge in [-0.2, -0.15) is 0 Å². The number of benzene rings is 1. The number of hydrogen-bond donors (Lipinski definition) is 1. The molecule has 2 rings (SSSR count). The molecule has 0 aliphatic rings. The van der Waals surface area contributed by atoms with Crippen molar-refractivity contribution in [1.82, 2.24) is 4.98 Å². The van der Waals surface area contributed by atoms with E-state index in [1.54, 1.807) is 0 Å². The number of aromatic hydroxyl groups is 1. The van der Waals surface area contributed by atoms with E-state index in [9.17, 15) is 0 Å². The van der Waals surface area contributed by atoms with E-state index in [1.807, 2.05) is 24.3 Å². The standard InChI is InChI=1S/C7H5NOS.CH4/c9-7-8-5-3-1-2-4-6(5)10-7;/h1-4H,(H,8,9);1H4. The average molecular weight is 167 g/mol. The first kappa shape index (κ1) is 8.01. The Labute approximate surface area is 69.1 Å². The van der Waals surface area contributed by atoms with Gasteiger partial charge in [0.15, 0.2) is 0 Å². The zero-order valence-electron chi connectivity index (χ0n) is 5.11. The van der Waals surface area contributed by atoms with Gasteiger partial charge in [-0.25, -0.2) is 4.98 Å². The lowest BCUT2D eigenvalue weighted by Gasteiger charge is -1.79. The van der Waals surface area contributed by atoms with Gasteiger partial charge >= 0.3 is 0 Å². The highest BCUT2D eigenvalue weighted by Crippen LogP contribution is 2.25. The molecule has 0 aliphatic heterocycles. The first-order chi connectivity index (χ1) is 4.86. The molecule has 0 unspecified atom stereocenters. The van der Waals surface area contributed by atoms with Gasteiger partial charge in [0.05, 0.1) is 10.2 Å². The number of rotatable bonds is 0. The molecule has 0 radical (unpaired) electrons. The zero-order chi connectivity index (χ0) is 6.97. The first-order valence-electron chi connectivity index (χ1n) is 2.91. The molecular weight excluding hydrogens is 158 g/mol. The molecule has 0 bridgehead atoms. The van der Waals surface area contributed by atoms with Crippen molar-refractivity contribution < 1.29 is 5.11 Å². The second-order valence-electron chi connectivity index (χ2n) is 1.96. The molecule has 2 nitrogen and oxygen atoms in total. The lowest BCUT2D eigenvalue weighted by Crippen LogP contribution is -1.62. The molecule has 0 spiro atoms. The van der Waals surface area contributed by atoms with Gasteiger partial charge < -0.3 is 5.11 Å². The second kappa shape index (κ2) is 2.88. The van der Waals surface area contributed by atoms with E-state index < -0.39 is 0 Å². The molecule has 1 aromatic carbocycles. The number of para-hydroxylation sites is 1. The van der Waals surface area contributed by atoms with E-state index in [1.165, 1.54) is 11.3 Å². The fraction of sp³-hybridized carbons (Fsp3) is 0.125. The number of hydrogen-bond acceptors (Lipinski definition) is 3. The molecular formula is C8H9NOS. The minimum Gasteiger partial charge on any atom is -0.486 e. The Kier molecular flexibility index (Phi) is 2.10. The molecule has 2 aromatic rings. The number of nitrogens with zero attached hydrogens (tertiary/aromatic N) is 1. The Balaban J connectivity index is 0.000000605. The summed E-state index contributed by atoms with van der Waals surface area (Å²) in [5.74, 6) is 0. The summed E-state index contributed by atoms with van der Waals surface area (Å²) in [7, 11) is 0. The maximum atomic E-state index is 8.96. The van der Waals surface area contributed by atoms with Crippen LogP contribution in [0.3, 0.4) is 0 Å². The van der Waals surface area contributed by atoms with Gasteiger partial charge in [0, 0.05) is 0 Å².